The molecule has 0 unspecified atom stereocenters. The third-order valence-corrected chi connectivity index (χ3v) is 6.92. The number of nitrogens with one attached hydrogen (secondary N) is 1. The standard InChI is InChI=1S/C29H41N3/c1-23(32-17-5-6-18-32)25-7-9-26(10-8-25)27-11-13-28(14-12-27)30-21-24-15-19-31(20-16-24)22-29(2,3)4/h7-14,24,30H,1,5-6,15-22H2,2-4H3. The molecule has 32 heavy (non-hydrogen) atoms. The van der Waals surface area contributed by atoms with Crippen molar-refractivity contribution < 1.29 is 0 Å². The van der Waals surface area contributed by atoms with Gasteiger partial charge in [0.25, 0.3) is 0 Å². The maximum Gasteiger partial charge on any atom is 0.0366 e. The largest absolute Gasteiger partial charge is 0.385 e. The number of hydrogen-bond donors (Lipinski definition) is 1. The fraction of sp³-hybridized carbons (Fsp3) is 0.517. The van der Waals surface area contributed by atoms with E-state index in [4.69, 9.17) is 0 Å². The second kappa shape index (κ2) is 10.1. The van der Waals surface area contributed by atoms with Crippen molar-refractivity contribution in [3.63, 3.8) is 0 Å². The zero-order valence-electron chi connectivity index (χ0n) is 20.4. The van der Waals surface area contributed by atoms with Crippen LogP contribution in [-0.2, 0) is 0 Å². The van der Waals surface area contributed by atoms with Crippen molar-refractivity contribution in [1.29, 1.82) is 0 Å². The highest BCUT2D eigenvalue weighted by Gasteiger charge is 2.22. The molecule has 0 atom stereocenters. The third kappa shape index (κ3) is 6.16. The molecule has 4 rings (SSSR count). The van der Waals surface area contributed by atoms with Crippen molar-refractivity contribution in [3.8, 4) is 11.1 Å². The molecule has 172 valence electrons. The van der Waals surface area contributed by atoms with E-state index < -0.39 is 0 Å². The number of likely N-dealkylation sites (tertiary alicyclic amines) is 2. The molecule has 2 saturated heterocycles. The lowest BCUT2D eigenvalue weighted by atomic mass is 9.92. The Hall–Kier alpha value is -2.26. The van der Waals surface area contributed by atoms with Crippen molar-refractivity contribution in [2.75, 3.05) is 44.6 Å². The monoisotopic (exact) mass is 431 g/mol. The summed E-state index contributed by atoms with van der Waals surface area (Å²) in [6.07, 6.45) is 5.17. The van der Waals surface area contributed by atoms with Crippen LogP contribution in [0.5, 0.6) is 0 Å². The maximum absolute atomic E-state index is 4.31. The van der Waals surface area contributed by atoms with E-state index in [0.29, 0.717) is 5.41 Å². The van der Waals surface area contributed by atoms with Crippen molar-refractivity contribution in [1.82, 2.24) is 9.80 Å². The number of benzene rings is 2. The topological polar surface area (TPSA) is 18.5 Å². The Bertz CT molecular complexity index is 862. The van der Waals surface area contributed by atoms with Gasteiger partial charge >= 0.3 is 0 Å². The minimum absolute atomic E-state index is 0.398. The molecule has 2 heterocycles. The summed E-state index contributed by atoms with van der Waals surface area (Å²) in [5.74, 6) is 0.780. The van der Waals surface area contributed by atoms with Gasteiger partial charge in [-0.1, -0.05) is 63.7 Å². The molecule has 2 aromatic rings. The number of piperidine rings is 1. The van der Waals surface area contributed by atoms with E-state index in [0.717, 1.165) is 31.2 Å². The zero-order chi connectivity index (χ0) is 22.6. The van der Waals surface area contributed by atoms with Crippen LogP contribution in [0.2, 0.25) is 0 Å². The summed E-state index contributed by atoms with van der Waals surface area (Å²) in [6.45, 7) is 18.4. The van der Waals surface area contributed by atoms with Gasteiger partial charge in [0.15, 0.2) is 0 Å². The van der Waals surface area contributed by atoms with E-state index in [-0.39, 0.29) is 0 Å². The Balaban J connectivity index is 1.26. The summed E-state index contributed by atoms with van der Waals surface area (Å²) in [6, 6.07) is 17.8. The predicted octanol–water partition coefficient (Wildman–Crippen LogP) is 6.59. The number of nitrogens with zero attached hydrogens (tertiary/aromatic N) is 2. The highest BCUT2D eigenvalue weighted by atomic mass is 15.1. The van der Waals surface area contributed by atoms with Crippen LogP contribution in [0, 0.1) is 11.3 Å². The lowest BCUT2D eigenvalue weighted by molar-refractivity contribution is 0.140. The second-order valence-electron chi connectivity index (χ2n) is 11.0. The first-order valence-corrected chi connectivity index (χ1v) is 12.5. The first-order valence-electron chi connectivity index (χ1n) is 12.5. The Morgan fingerprint density at radius 3 is 2.00 bits per heavy atom. The Kier molecular flexibility index (Phi) is 7.25. The molecule has 3 nitrogen and oxygen atoms in total. The summed E-state index contributed by atoms with van der Waals surface area (Å²) in [5, 5.41) is 3.68. The second-order valence-corrected chi connectivity index (χ2v) is 11.0. The molecule has 0 amide bonds. The Morgan fingerprint density at radius 2 is 1.44 bits per heavy atom. The van der Waals surface area contributed by atoms with Gasteiger partial charge in [0, 0.05) is 37.6 Å². The number of anilines is 1. The molecule has 2 aromatic carbocycles. The lowest BCUT2D eigenvalue weighted by Gasteiger charge is -2.36. The van der Waals surface area contributed by atoms with Gasteiger partial charge in [0.1, 0.15) is 0 Å². The van der Waals surface area contributed by atoms with Crippen molar-refractivity contribution in [2.24, 2.45) is 11.3 Å². The zero-order valence-corrected chi connectivity index (χ0v) is 20.4. The van der Waals surface area contributed by atoms with E-state index in [2.05, 4.69) is 91.0 Å². The van der Waals surface area contributed by atoms with Gasteiger partial charge in [0.05, 0.1) is 0 Å². The lowest BCUT2D eigenvalue weighted by Crippen LogP contribution is -2.40. The summed E-state index contributed by atoms with van der Waals surface area (Å²) < 4.78 is 0. The molecule has 1 N–H and O–H groups in total. The minimum atomic E-state index is 0.398. The van der Waals surface area contributed by atoms with Crippen LogP contribution in [0.25, 0.3) is 16.8 Å². The summed E-state index contributed by atoms with van der Waals surface area (Å²) >= 11 is 0. The first-order chi connectivity index (χ1) is 15.4. The minimum Gasteiger partial charge on any atom is -0.385 e. The molecule has 0 bridgehead atoms. The summed E-state index contributed by atoms with van der Waals surface area (Å²) in [4.78, 5) is 5.04. The smallest absolute Gasteiger partial charge is 0.0366 e. The van der Waals surface area contributed by atoms with Crippen molar-refractivity contribution >= 4 is 11.4 Å². The molecule has 0 aliphatic carbocycles. The average Bonchev–Trinajstić information content (AvgIpc) is 3.33. The van der Waals surface area contributed by atoms with Crippen LogP contribution in [0.4, 0.5) is 5.69 Å². The fourth-order valence-corrected chi connectivity index (χ4v) is 5.09. The average molecular weight is 432 g/mol. The Labute approximate surface area is 195 Å². The molecule has 0 radical (unpaired) electrons. The normalized spacial score (nSPS) is 18.2. The van der Waals surface area contributed by atoms with E-state index >= 15 is 0 Å². The molecule has 2 aliphatic rings. The molecule has 0 aromatic heterocycles. The SMILES string of the molecule is C=C(c1ccc(-c2ccc(NCC3CCN(CC(C)(C)C)CC3)cc2)cc1)N1CCCC1. The van der Waals surface area contributed by atoms with Crippen LogP contribution < -0.4 is 5.32 Å². The highest BCUT2D eigenvalue weighted by molar-refractivity contribution is 5.70. The first kappa shape index (κ1) is 22.9. The van der Waals surface area contributed by atoms with Gasteiger partial charge < -0.3 is 15.1 Å². The van der Waals surface area contributed by atoms with Crippen LogP contribution in [0.3, 0.4) is 0 Å². The van der Waals surface area contributed by atoms with Gasteiger partial charge in [-0.05, 0) is 78.9 Å². The van der Waals surface area contributed by atoms with Gasteiger partial charge in [0.2, 0.25) is 0 Å². The molecule has 3 heteroatoms. The molecular formula is C29H41N3. The molecule has 2 fully saturated rings. The fourth-order valence-electron chi connectivity index (χ4n) is 5.09. The number of rotatable bonds is 7. The van der Waals surface area contributed by atoms with Crippen LogP contribution in [0.15, 0.2) is 55.1 Å². The van der Waals surface area contributed by atoms with Crippen LogP contribution in [0.1, 0.15) is 52.0 Å². The molecule has 0 spiro atoms. The van der Waals surface area contributed by atoms with Gasteiger partial charge in [-0.25, -0.2) is 0 Å². The van der Waals surface area contributed by atoms with Crippen LogP contribution in [-0.4, -0.2) is 49.1 Å². The predicted molar refractivity (Wildman–Crippen MR) is 139 cm³/mol. The van der Waals surface area contributed by atoms with E-state index in [9.17, 15) is 0 Å². The third-order valence-electron chi connectivity index (χ3n) is 6.92. The summed E-state index contributed by atoms with van der Waals surface area (Å²) in [7, 11) is 0. The highest BCUT2D eigenvalue weighted by Crippen LogP contribution is 2.27. The number of hydrogen-bond acceptors (Lipinski definition) is 3. The maximum atomic E-state index is 4.31. The van der Waals surface area contributed by atoms with Gasteiger partial charge in [-0.2, -0.15) is 0 Å². The van der Waals surface area contributed by atoms with Crippen molar-refractivity contribution in [3.05, 3.63) is 60.7 Å². The van der Waals surface area contributed by atoms with Crippen LogP contribution >= 0.6 is 0 Å². The molecule has 2 aliphatic heterocycles. The van der Waals surface area contributed by atoms with Gasteiger partial charge in [-0.15, -0.1) is 0 Å². The quantitative estimate of drug-likeness (QED) is 0.533. The van der Waals surface area contributed by atoms with E-state index in [1.165, 1.54) is 67.7 Å². The molecular weight excluding hydrogens is 390 g/mol. The molecule has 0 saturated carbocycles. The van der Waals surface area contributed by atoms with E-state index in [1.807, 2.05) is 0 Å². The summed E-state index contributed by atoms with van der Waals surface area (Å²) in [5.41, 5.74) is 6.56. The van der Waals surface area contributed by atoms with E-state index in [1.54, 1.807) is 0 Å². The van der Waals surface area contributed by atoms with Crippen molar-refractivity contribution in [2.45, 2.75) is 46.5 Å². The Morgan fingerprint density at radius 1 is 0.875 bits per heavy atom. The van der Waals surface area contributed by atoms with Gasteiger partial charge in [-0.3, -0.25) is 0 Å².